The number of nitrogens with one attached hydrogen (secondary N) is 1. The molecule has 0 amide bonds. The van der Waals surface area contributed by atoms with E-state index in [1.165, 1.54) is 5.56 Å². The SMILES string of the molecule is CC#CCCN1CC(C)(c2ccccc2)NCC1C. The topological polar surface area (TPSA) is 15.3 Å². The lowest BCUT2D eigenvalue weighted by molar-refractivity contribution is 0.0970. The lowest BCUT2D eigenvalue weighted by atomic mass is 9.88. The van der Waals surface area contributed by atoms with Gasteiger partial charge in [0.2, 0.25) is 0 Å². The minimum Gasteiger partial charge on any atom is -0.305 e. The second-order valence-electron chi connectivity index (χ2n) is 5.58. The van der Waals surface area contributed by atoms with Crippen LogP contribution in [0, 0.1) is 11.8 Å². The minimum atomic E-state index is 0.0490. The van der Waals surface area contributed by atoms with Gasteiger partial charge in [0.25, 0.3) is 0 Å². The molecule has 1 aliphatic rings. The third-order valence-electron chi connectivity index (χ3n) is 4.04. The van der Waals surface area contributed by atoms with E-state index in [1.807, 2.05) is 6.92 Å². The molecule has 1 heterocycles. The van der Waals surface area contributed by atoms with Crippen LogP contribution in [0.1, 0.15) is 32.8 Å². The first-order valence-corrected chi connectivity index (χ1v) is 7.10. The molecule has 1 aromatic carbocycles. The average Bonchev–Trinajstić information content (AvgIpc) is 2.44. The molecule has 1 aromatic rings. The number of benzene rings is 1. The van der Waals surface area contributed by atoms with E-state index in [0.29, 0.717) is 6.04 Å². The van der Waals surface area contributed by atoms with Gasteiger partial charge in [0.15, 0.2) is 0 Å². The molecule has 2 rings (SSSR count). The highest BCUT2D eigenvalue weighted by atomic mass is 15.2. The van der Waals surface area contributed by atoms with Crippen molar-refractivity contribution in [2.45, 2.75) is 38.8 Å². The molecule has 2 heteroatoms. The molecule has 0 radical (unpaired) electrons. The Morgan fingerprint density at radius 3 is 2.79 bits per heavy atom. The van der Waals surface area contributed by atoms with Crippen molar-refractivity contribution in [3.63, 3.8) is 0 Å². The van der Waals surface area contributed by atoms with Crippen molar-refractivity contribution in [3.8, 4) is 11.8 Å². The van der Waals surface area contributed by atoms with E-state index in [2.05, 4.69) is 66.2 Å². The van der Waals surface area contributed by atoms with E-state index in [4.69, 9.17) is 0 Å². The Morgan fingerprint density at radius 1 is 1.37 bits per heavy atom. The van der Waals surface area contributed by atoms with Crippen molar-refractivity contribution in [3.05, 3.63) is 35.9 Å². The van der Waals surface area contributed by atoms with Crippen LogP contribution in [-0.4, -0.2) is 30.6 Å². The molecule has 0 aliphatic carbocycles. The first-order valence-electron chi connectivity index (χ1n) is 7.10. The van der Waals surface area contributed by atoms with Crippen LogP contribution in [0.5, 0.6) is 0 Å². The van der Waals surface area contributed by atoms with Gasteiger partial charge in [-0.1, -0.05) is 30.3 Å². The van der Waals surface area contributed by atoms with Gasteiger partial charge >= 0.3 is 0 Å². The summed E-state index contributed by atoms with van der Waals surface area (Å²) in [5, 5.41) is 3.70. The van der Waals surface area contributed by atoms with Crippen LogP contribution in [0.25, 0.3) is 0 Å². The Morgan fingerprint density at radius 2 is 2.11 bits per heavy atom. The Balaban J connectivity index is 2.09. The lowest BCUT2D eigenvalue weighted by Gasteiger charge is -2.45. The van der Waals surface area contributed by atoms with Gasteiger partial charge in [-0.05, 0) is 26.3 Å². The highest BCUT2D eigenvalue weighted by Crippen LogP contribution is 2.26. The van der Waals surface area contributed by atoms with Crippen molar-refractivity contribution in [1.29, 1.82) is 0 Å². The summed E-state index contributed by atoms with van der Waals surface area (Å²) in [6.45, 7) is 9.64. The predicted octanol–water partition coefficient (Wildman–Crippen LogP) is 2.61. The monoisotopic (exact) mass is 256 g/mol. The summed E-state index contributed by atoms with van der Waals surface area (Å²) in [6.07, 6.45) is 0.964. The van der Waals surface area contributed by atoms with E-state index >= 15 is 0 Å². The molecule has 0 spiro atoms. The zero-order valence-corrected chi connectivity index (χ0v) is 12.2. The molecule has 0 aromatic heterocycles. The Kier molecular flexibility index (Phi) is 4.63. The lowest BCUT2D eigenvalue weighted by Crippen LogP contribution is -2.60. The van der Waals surface area contributed by atoms with Gasteiger partial charge in [-0.3, -0.25) is 4.90 Å². The predicted molar refractivity (Wildman–Crippen MR) is 80.9 cm³/mol. The number of nitrogens with zero attached hydrogens (tertiary/aromatic N) is 1. The molecular formula is C17H24N2. The van der Waals surface area contributed by atoms with E-state index in [9.17, 15) is 0 Å². The average molecular weight is 256 g/mol. The van der Waals surface area contributed by atoms with E-state index in [0.717, 1.165) is 26.1 Å². The van der Waals surface area contributed by atoms with Gasteiger partial charge in [0, 0.05) is 32.1 Å². The second kappa shape index (κ2) is 6.23. The summed E-state index contributed by atoms with van der Waals surface area (Å²) in [4.78, 5) is 2.55. The molecule has 0 saturated carbocycles. The Hall–Kier alpha value is -1.30. The second-order valence-corrected chi connectivity index (χ2v) is 5.58. The van der Waals surface area contributed by atoms with Crippen molar-refractivity contribution in [1.82, 2.24) is 10.2 Å². The normalized spacial score (nSPS) is 27.6. The molecular weight excluding hydrogens is 232 g/mol. The quantitative estimate of drug-likeness (QED) is 0.836. The maximum atomic E-state index is 3.70. The Labute approximate surface area is 117 Å². The van der Waals surface area contributed by atoms with Crippen LogP contribution in [0.4, 0.5) is 0 Å². The summed E-state index contributed by atoms with van der Waals surface area (Å²) >= 11 is 0. The molecule has 0 bridgehead atoms. The van der Waals surface area contributed by atoms with E-state index in [1.54, 1.807) is 0 Å². The summed E-state index contributed by atoms with van der Waals surface area (Å²) in [5.41, 5.74) is 1.42. The number of hydrogen-bond acceptors (Lipinski definition) is 2. The fraction of sp³-hybridized carbons (Fsp3) is 0.529. The molecule has 1 saturated heterocycles. The third-order valence-corrected chi connectivity index (χ3v) is 4.04. The minimum absolute atomic E-state index is 0.0490. The number of rotatable bonds is 3. The maximum Gasteiger partial charge on any atom is 0.0535 e. The zero-order valence-electron chi connectivity index (χ0n) is 12.2. The fourth-order valence-electron chi connectivity index (χ4n) is 2.74. The highest BCUT2D eigenvalue weighted by molar-refractivity contribution is 5.25. The molecule has 2 atom stereocenters. The van der Waals surface area contributed by atoms with E-state index in [-0.39, 0.29) is 5.54 Å². The van der Waals surface area contributed by atoms with Crippen molar-refractivity contribution >= 4 is 0 Å². The maximum absolute atomic E-state index is 3.70. The van der Waals surface area contributed by atoms with Gasteiger partial charge < -0.3 is 5.32 Å². The molecule has 2 nitrogen and oxygen atoms in total. The third kappa shape index (κ3) is 3.37. The molecule has 102 valence electrons. The summed E-state index contributed by atoms with van der Waals surface area (Å²) in [5.74, 6) is 6.15. The largest absolute Gasteiger partial charge is 0.305 e. The van der Waals surface area contributed by atoms with Gasteiger partial charge in [0.05, 0.1) is 5.54 Å². The zero-order chi connectivity index (χ0) is 13.7. The van der Waals surface area contributed by atoms with Crippen LogP contribution in [-0.2, 0) is 5.54 Å². The van der Waals surface area contributed by atoms with Crippen LogP contribution >= 0.6 is 0 Å². The molecule has 1 fully saturated rings. The first kappa shape index (κ1) is 14.1. The van der Waals surface area contributed by atoms with Gasteiger partial charge in [-0.15, -0.1) is 11.8 Å². The van der Waals surface area contributed by atoms with Gasteiger partial charge in [-0.25, -0.2) is 0 Å². The summed E-state index contributed by atoms with van der Waals surface area (Å²) < 4.78 is 0. The first-order chi connectivity index (χ1) is 9.15. The van der Waals surface area contributed by atoms with Gasteiger partial charge in [-0.2, -0.15) is 0 Å². The van der Waals surface area contributed by atoms with E-state index < -0.39 is 0 Å². The summed E-state index contributed by atoms with van der Waals surface area (Å²) in [6, 6.07) is 11.3. The molecule has 19 heavy (non-hydrogen) atoms. The summed E-state index contributed by atoms with van der Waals surface area (Å²) in [7, 11) is 0. The van der Waals surface area contributed by atoms with Crippen LogP contribution in [0.15, 0.2) is 30.3 Å². The van der Waals surface area contributed by atoms with Gasteiger partial charge in [0.1, 0.15) is 0 Å². The molecule has 1 aliphatic heterocycles. The van der Waals surface area contributed by atoms with Crippen molar-refractivity contribution in [2.75, 3.05) is 19.6 Å². The van der Waals surface area contributed by atoms with Crippen LogP contribution in [0.3, 0.4) is 0 Å². The van der Waals surface area contributed by atoms with Crippen molar-refractivity contribution < 1.29 is 0 Å². The fourth-order valence-corrected chi connectivity index (χ4v) is 2.74. The van der Waals surface area contributed by atoms with Crippen LogP contribution < -0.4 is 5.32 Å². The van der Waals surface area contributed by atoms with Crippen molar-refractivity contribution in [2.24, 2.45) is 0 Å². The molecule has 1 N–H and O–H groups in total. The van der Waals surface area contributed by atoms with Crippen LogP contribution in [0.2, 0.25) is 0 Å². The standard InChI is InChI=1S/C17H24N2/c1-4-5-9-12-19-14-17(3,18-13-15(19)2)16-10-7-6-8-11-16/h6-8,10-11,15,18H,9,12-14H2,1-3H3. The smallest absolute Gasteiger partial charge is 0.0535 e. The molecule has 2 unspecified atom stereocenters. The number of piperazine rings is 1. The number of hydrogen-bond donors (Lipinski definition) is 1. The highest BCUT2D eigenvalue weighted by Gasteiger charge is 2.34. The Bertz CT molecular complexity index is 457.